The topological polar surface area (TPSA) is 88.5 Å². The molecule has 1 aromatic rings. The fourth-order valence-electron chi connectivity index (χ4n) is 2.43. The van der Waals surface area contributed by atoms with Crippen LogP contribution in [0.15, 0.2) is 16.5 Å². The van der Waals surface area contributed by atoms with Crippen molar-refractivity contribution in [2.24, 2.45) is 11.7 Å². The van der Waals surface area contributed by atoms with Crippen molar-refractivity contribution < 1.29 is 14.3 Å². The highest BCUT2D eigenvalue weighted by Crippen LogP contribution is 2.24. The molecule has 0 unspecified atom stereocenters. The molecule has 5 nitrogen and oxygen atoms in total. The minimum absolute atomic E-state index is 0.0488. The van der Waals surface area contributed by atoms with Crippen molar-refractivity contribution >= 4 is 5.91 Å². The molecule has 0 radical (unpaired) electrons. The summed E-state index contributed by atoms with van der Waals surface area (Å²) in [6, 6.07) is 4.07. The maximum absolute atomic E-state index is 11.0. The first-order valence-corrected chi connectivity index (χ1v) is 6.40. The van der Waals surface area contributed by atoms with Crippen molar-refractivity contribution in [1.29, 1.82) is 0 Å². The van der Waals surface area contributed by atoms with Gasteiger partial charge in [-0.25, -0.2) is 0 Å². The van der Waals surface area contributed by atoms with Gasteiger partial charge in [-0.2, -0.15) is 0 Å². The van der Waals surface area contributed by atoms with Crippen molar-refractivity contribution in [3.63, 3.8) is 0 Å². The standard InChI is InChI=1S/C13H20N2O3/c14-13(17)9-1-3-10(4-2-9)15-7-11-5-6-12(8-16)18-11/h5-6,9-10,15-16H,1-4,7-8H2,(H2,14,17). The Morgan fingerprint density at radius 1 is 1.33 bits per heavy atom. The van der Waals surface area contributed by atoms with Crippen LogP contribution in [0.1, 0.15) is 37.2 Å². The number of nitrogens with two attached hydrogens (primary N) is 1. The zero-order valence-corrected chi connectivity index (χ0v) is 10.4. The van der Waals surface area contributed by atoms with Gasteiger partial charge in [0.25, 0.3) is 0 Å². The van der Waals surface area contributed by atoms with Crippen LogP contribution >= 0.6 is 0 Å². The van der Waals surface area contributed by atoms with Crippen LogP contribution in [0.25, 0.3) is 0 Å². The molecule has 5 heteroatoms. The number of rotatable bonds is 5. The van der Waals surface area contributed by atoms with Gasteiger partial charge >= 0.3 is 0 Å². The number of carbonyl (C=O) groups excluding carboxylic acids is 1. The van der Waals surface area contributed by atoms with Gasteiger partial charge in [-0.05, 0) is 37.8 Å². The van der Waals surface area contributed by atoms with Crippen molar-refractivity contribution in [2.75, 3.05) is 0 Å². The van der Waals surface area contributed by atoms with Crippen molar-refractivity contribution in [3.8, 4) is 0 Å². The van der Waals surface area contributed by atoms with Crippen LogP contribution in [0.2, 0.25) is 0 Å². The zero-order valence-electron chi connectivity index (χ0n) is 10.4. The summed E-state index contributed by atoms with van der Waals surface area (Å²) in [5, 5.41) is 12.3. The number of amides is 1. The van der Waals surface area contributed by atoms with Gasteiger partial charge in [-0.3, -0.25) is 4.79 Å². The van der Waals surface area contributed by atoms with Crippen molar-refractivity contribution in [3.05, 3.63) is 23.7 Å². The van der Waals surface area contributed by atoms with Gasteiger partial charge in [-0.15, -0.1) is 0 Å². The molecule has 1 aliphatic carbocycles. The van der Waals surface area contributed by atoms with E-state index in [0.29, 0.717) is 18.3 Å². The third-order valence-corrected chi connectivity index (χ3v) is 3.57. The molecule has 0 spiro atoms. The number of furan rings is 1. The van der Waals surface area contributed by atoms with E-state index in [1.54, 1.807) is 6.07 Å². The summed E-state index contributed by atoms with van der Waals surface area (Å²) in [5.41, 5.74) is 5.30. The van der Waals surface area contributed by atoms with E-state index in [0.717, 1.165) is 31.4 Å². The summed E-state index contributed by atoms with van der Waals surface area (Å²) >= 11 is 0. The molecule has 1 amide bonds. The molecular formula is C13H20N2O3. The largest absolute Gasteiger partial charge is 0.462 e. The summed E-state index contributed by atoms with van der Waals surface area (Å²) < 4.78 is 5.40. The average Bonchev–Trinajstić information content (AvgIpc) is 2.85. The Morgan fingerprint density at radius 3 is 2.56 bits per heavy atom. The normalized spacial score (nSPS) is 24.1. The van der Waals surface area contributed by atoms with Gasteiger partial charge in [0.2, 0.25) is 5.91 Å². The third kappa shape index (κ3) is 3.34. The molecule has 0 bridgehead atoms. The van der Waals surface area contributed by atoms with Crippen LogP contribution in [0.3, 0.4) is 0 Å². The minimum atomic E-state index is -0.174. The predicted molar refractivity (Wildman–Crippen MR) is 66.4 cm³/mol. The molecule has 0 atom stereocenters. The lowest BCUT2D eigenvalue weighted by Crippen LogP contribution is -2.36. The molecule has 18 heavy (non-hydrogen) atoms. The molecule has 1 aliphatic rings. The lowest BCUT2D eigenvalue weighted by molar-refractivity contribution is -0.122. The van der Waals surface area contributed by atoms with Gasteiger partial charge in [0, 0.05) is 12.0 Å². The highest BCUT2D eigenvalue weighted by atomic mass is 16.4. The summed E-state index contributed by atoms with van der Waals surface area (Å²) in [7, 11) is 0. The van der Waals surface area contributed by atoms with E-state index < -0.39 is 0 Å². The number of nitrogens with one attached hydrogen (secondary N) is 1. The Kier molecular flexibility index (Phi) is 4.38. The molecule has 1 heterocycles. The van der Waals surface area contributed by atoms with Crippen molar-refractivity contribution in [1.82, 2.24) is 5.32 Å². The number of hydrogen-bond donors (Lipinski definition) is 3. The fourth-order valence-corrected chi connectivity index (χ4v) is 2.43. The lowest BCUT2D eigenvalue weighted by atomic mass is 9.85. The van der Waals surface area contributed by atoms with Crippen LogP contribution in [0, 0.1) is 5.92 Å². The number of carbonyl (C=O) groups is 1. The van der Waals surface area contributed by atoms with Gasteiger partial charge in [-0.1, -0.05) is 0 Å². The Bertz CT molecular complexity index is 395. The van der Waals surface area contributed by atoms with Gasteiger partial charge in [0.1, 0.15) is 18.1 Å². The minimum Gasteiger partial charge on any atom is -0.462 e. The number of hydrogen-bond acceptors (Lipinski definition) is 4. The van der Waals surface area contributed by atoms with E-state index in [4.69, 9.17) is 15.3 Å². The van der Waals surface area contributed by atoms with Gasteiger partial charge in [0.05, 0.1) is 6.54 Å². The fraction of sp³-hybridized carbons (Fsp3) is 0.615. The second kappa shape index (κ2) is 6.02. The first kappa shape index (κ1) is 13.1. The Labute approximate surface area is 106 Å². The highest BCUT2D eigenvalue weighted by Gasteiger charge is 2.24. The van der Waals surface area contributed by atoms with Crippen LogP contribution in [0.5, 0.6) is 0 Å². The monoisotopic (exact) mass is 252 g/mol. The second-order valence-electron chi connectivity index (χ2n) is 4.86. The van der Waals surface area contributed by atoms with Gasteiger partial charge in [0.15, 0.2) is 0 Å². The first-order valence-electron chi connectivity index (χ1n) is 6.40. The van der Waals surface area contributed by atoms with Crippen LogP contribution in [0.4, 0.5) is 0 Å². The Balaban J connectivity index is 1.73. The van der Waals surface area contributed by atoms with E-state index in [1.807, 2.05) is 6.07 Å². The molecule has 0 aromatic carbocycles. The Morgan fingerprint density at radius 2 is 2.00 bits per heavy atom. The van der Waals surface area contributed by atoms with Crippen molar-refractivity contribution in [2.45, 2.75) is 44.9 Å². The van der Waals surface area contributed by atoms with E-state index >= 15 is 0 Å². The number of aliphatic hydroxyl groups excluding tert-OH is 1. The summed E-state index contributed by atoms with van der Waals surface area (Å²) in [6.45, 7) is 0.593. The van der Waals surface area contributed by atoms with E-state index in [9.17, 15) is 4.79 Å². The van der Waals surface area contributed by atoms with Gasteiger partial charge < -0.3 is 20.6 Å². The molecule has 1 saturated carbocycles. The molecule has 0 aliphatic heterocycles. The number of aliphatic hydroxyl groups is 1. The van der Waals surface area contributed by atoms with Crippen LogP contribution in [-0.2, 0) is 17.9 Å². The summed E-state index contributed by atoms with van der Waals surface area (Å²) in [6.07, 6.45) is 3.68. The molecular weight excluding hydrogens is 232 g/mol. The molecule has 1 fully saturated rings. The molecule has 1 aromatic heterocycles. The molecule has 2 rings (SSSR count). The maximum Gasteiger partial charge on any atom is 0.220 e. The SMILES string of the molecule is NC(=O)C1CCC(NCc2ccc(CO)o2)CC1. The third-order valence-electron chi connectivity index (χ3n) is 3.57. The molecule has 0 saturated heterocycles. The zero-order chi connectivity index (χ0) is 13.0. The number of primary amides is 1. The summed E-state index contributed by atoms with van der Waals surface area (Å²) in [5.74, 6) is 1.29. The van der Waals surface area contributed by atoms with Crippen LogP contribution in [-0.4, -0.2) is 17.1 Å². The second-order valence-corrected chi connectivity index (χ2v) is 4.86. The first-order chi connectivity index (χ1) is 8.69. The van der Waals surface area contributed by atoms with E-state index in [1.165, 1.54) is 0 Å². The predicted octanol–water partition coefficient (Wildman–Crippen LogP) is 0.906. The highest BCUT2D eigenvalue weighted by molar-refractivity contribution is 5.76. The maximum atomic E-state index is 11.0. The summed E-state index contributed by atoms with van der Waals surface area (Å²) in [4.78, 5) is 11.0. The molecule has 100 valence electrons. The Hall–Kier alpha value is -1.33. The van der Waals surface area contributed by atoms with E-state index in [2.05, 4.69) is 5.32 Å². The quantitative estimate of drug-likeness (QED) is 0.726. The molecule has 4 N–H and O–H groups in total. The smallest absolute Gasteiger partial charge is 0.220 e. The lowest BCUT2D eigenvalue weighted by Gasteiger charge is -2.27. The average molecular weight is 252 g/mol. The van der Waals surface area contributed by atoms with Crippen LogP contribution < -0.4 is 11.1 Å². The van der Waals surface area contributed by atoms with E-state index in [-0.39, 0.29) is 18.4 Å².